The van der Waals surface area contributed by atoms with Crippen LogP contribution in [0.4, 0.5) is 5.82 Å². The van der Waals surface area contributed by atoms with E-state index in [4.69, 9.17) is 11.6 Å². The summed E-state index contributed by atoms with van der Waals surface area (Å²) >= 11 is 5.76. The monoisotopic (exact) mass is 259 g/mol. The predicted molar refractivity (Wildman–Crippen MR) is 73.1 cm³/mol. The van der Waals surface area contributed by atoms with Gasteiger partial charge in [0.2, 0.25) is 0 Å². The van der Waals surface area contributed by atoms with Crippen LogP contribution < -0.4 is 4.90 Å². The standard InChI is InChI=1S/C14H14ClN3/c15-13-5-6-14(17-16-13)18-9-7-11-3-1-2-4-12(11)8-10-18/h1-6H,7-10H2. The van der Waals surface area contributed by atoms with Crippen LogP contribution >= 0.6 is 11.6 Å². The van der Waals surface area contributed by atoms with Crippen LogP contribution in [0.1, 0.15) is 11.1 Å². The zero-order valence-electron chi connectivity index (χ0n) is 10.0. The molecule has 0 radical (unpaired) electrons. The summed E-state index contributed by atoms with van der Waals surface area (Å²) in [6, 6.07) is 12.4. The van der Waals surface area contributed by atoms with Gasteiger partial charge in [0.15, 0.2) is 11.0 Å². The molecule has 0 amide bonds. The van der Waals surface area contributed by atoms with Crippen LogP contribution in [-0.2, 0) is 12.8 Å². The van der Waals surface area contributed by atoms with E-state index in [9.17, 15) is 0 Å². The molecule has 3 rings (SSSR count). The fraction of sp³-hybridized carbons (Fsp3) is 0.286. The third kappa shape index (κ3) is 2.31. The summed E-state index contributed by atoms with van der Waals surface area (Å²) in [5.41, 5.74) is 2.89. The summed E-state index contributed by atoms with van der Waals surface area (Å²) in [7, 11) is 0. The number of fused-ring (bicyclic) bond motifs is 1. The highest BCUT2D eigenvalue weighted by Crippen LogP contribution is 2.19. The molecule has 0 saturated heterocycles. The van der Waals surface area contributed by atoms with Crippen molar-refractivity contribution in [3.63, 3.8) is 0 Å². The number of nitrogens with zero attached hydrogens (tertiary/aromatic N) is 3. The second-order valence-electron chi connectivity index (χ2n) is 4.47. The lowest BCUT2D eigenvalue weighted by Crippen LogP contribution is -2.27. The molecule has 3 nitrogen and oxygen atoms in total. The van der Waals surface area contributed by atoms with E-state index in [0.717, 1.165) is 31.7 Å². The molecule has 0 N–H and O–H groups in total. The lowest BCUT2D eigenvalue weighted by Gasteiger charge is -2.20. The molecule has 1 aromatic carbocycles. The van der Waals surface area contributed by atoms with Gasteiger partial charge >= 0.3 is 0 Å². The average Bonchev–Trinajstić information content (AvgIpc) is 2.62. The molecular formula is C14H14ClN3. The van der Waals surface area contributed by atoms with Crippen molar-refractivity contribution in [2.24, 2.45) is 0 Å². The van der Waals surface area contributed by atoms with Gasteiger partial charge in [0.25, 0.3) is 0 Å². The third-order valence-electron chi connectivity index (χ3n) is 3.36. The van der Waals surface area contributed by atoms with Crippen molar-refractivity contribution in [3.8, 4) is 0 Å². The number of aromatic nitrogens is 2. The van der Waals surface area contributed by atoms with Gasteiger partial charge in [-0.1, -0.05) is 35.9 Å². The summed E-state index contributed by atoms with van der Waals surface area (Å²) in [5.74, 6) is 0.909. The van der Waals surface area contributed by atoms with E-state index in [-0.39, 0.29) is 0 Å². The maximum Gasteiger partial charge on any atom is 0.151 e. The molecular weight excluding hydrogens is 246 g/mol. The van der Waals surface area contributed by atoms with Crippen LogP contribution in [0.25, 0.3) is 0 Å². The fourth-order valence-electron chi connectivity index (χ4n) is 2.37. The quantitative estimate of drug-likeness (QED) is 0.789. The first-order valence-corrected chi connectivity index (χ1v) is 6.52. The van der Waals surface area contributed by atoms with Gasteiger partial charge in [-0.3, -0.25) is 0 Å². The SMILES string of the molecule is Clc1ccc(N2CCc3ccccc3CC2)nn1. The van der Waals surface area contributed by atoms with Crippen molar-refractivity contribution in [3.05, 3.63) is 52.7 Å². The molecule has 1 aliphatic rings. The first-order chi connectivity index (χ1) is 8.83. The molecule has 0 aliphatic carbocycles. The topological polar surface area (TPSA) is 29.0 Å². The molecule has 0 unspecified atom stereocenters. The average molecular weight is 260 g/mol. The van der Waals surface area contributed by atoms with Gasteiger partial charge in [-0.2, -0.15) is 0 Å². The van der Waals surface area contributed by atoms with Gasteiger partial charge in [0.05, 0.1) is 0 Å². The number of hydrogen-bond donors (Lipinski definition) is 0. The Bertz CT molecular complexity index is 512. The van der Waals surface area contributed by atoms with Gasteiger partial charge in [-0.15, -0.1) is 10.2 Å². The molecule has 1 aromatic heterocycles. The smallest absolute Gasteiger partial charge is 0.151 e. The van der Waals surface area contributed by atoms with Crippen molar-refractivity contribution in [2.75, 3.05) is 18.0 Å². The first-order valence-electron chi connectivity index (χ1n) is 6.14. The largest absolute Gasteiger partial charge is 0.354 e. The highest BCUT2D eigenvalue weighted by molar-refractivity contribution is 6.29. The van der Waals surface area contributed by atoms with E-state index >= 15 is 0 Å². The summed E-state index contributed by atoms with van der Waals surface area (Å²) in [4.78, 5) is 2.27. The van der Waals surface area contributed by atoms with Crippen LogP contribution in [0.3, 0.4) is 0 Å². The molecule has 2 heterocycles. The second kappa shape index (κ2) is 4.94. The molecule has 0 saturated carbocycles. The Morgan fingerprint density at radius 3 is 2.11 bits per heavy atom. The van der Waals surface area contributed by atoms with Crippen LogP contribution in [0.5, 0.6) is 0 Å². The number of halogens is 1. The minimum atomic E-state index is 0.442. The Hall–Kier alpha value is -1.61. The normalized spacial score (nSPS) is 15.1. The molecule has 2 aromatic rings. The summed E-state index contributed by atoms with van der Waals surface area (Å²) < 4.78 is 0. The second-order valence-corrected chi connectivity index (χ2v) is 4.86. The van der Waals surface area contributed by atoms with Gasteiger partial charge < -0.3 is 4.90 Å². The highest BCUT2D eigenvalue weighted by Gasteiger charge is 2.14. The van der Waals surface area contributed by atoms with Gasteiger partial charge in [-0.25, -0.2) is 0 Å². The lowest BCUT2D eigenvalue weighted by molar-refractivity contribution is 0.777. The Morgan fingerprint density at radius 1 is 0.889 bits per heavy atom. The molecule has 0 spiro atoms. The van der Waals surface area contributed by atoms with Gasteiger partial charge in [0.1, 0.15) is 0 Å². The van der Waals surface area contributed by atoms with Crippen LogP contribution in [0.2, 0.25) is 5.15 Å². The Labute approximate surface area is 111 Å². The van der Waals surface area contributed by atoms with Crippen molar-refractivity contribution >= 4 is 17.4 Å². The van der Waals surface area contributed by atoms with Gasteiger partial charge in [-0.05, 0) is 36.1 Å². The van der Waals surface area contributed by atoms with Crippen molar-refractivity contribution in [2.45, 2.75) is 12.8 Å². The molecule has 0 fully saturated rings. The highest BCUT2D eigenvalue weighted by atomic mass is 35.5. The van der Waals surface area contributed by atoms with E-state index in [1.165, 1.54) is 11.1 Å². The van der Waals surface area contributed by atoms with Gasteiger partial charge in [0, 0.05) is 13.1 Å². The minimum Gasteiger partial charge on any atom is -0.354 e. The maximum atomic E-state index is 5.76. The van der Waals surface area contributed by atoms with Crippen molar-refractivity contribution in [1.29, 1.82) is 0 Å². The van der Waals surface area contributed by atoms with E-state index in [1.807, 2.05) is 6.07 Å². The van der Waals surface area contributed by atoms with E-state index in [1.54, 1.807) is 6.07 Å². The van der Waals surface area contributed by atoms with E-state index in [0.29, 0.717) is 5.15 Å². The van der Waals surface area contributed by atoms with E-state index < -0.39 is 0 Å². The summed E-state index contributed by atoms with van der Waals surface area (Å²) in [6.07, 6.45) is 2.11. The molecule has 4 heteroatoms. The van der Waals surface area contributed by atoms with Crippen LogP contribution in [-0.4, -0.2) is 23.3 Å². The zero-order valence-corrected chi connectivity index (χ0v) is 10.8. The fourth-order valence-corrected chi connectivity index (χ4v) is 2.48. The lowest BCUT2D eigenvalue weighted by atomic mass is 10.0. The first kappa shape index (κ1) is 11.5. The summed E-state index contributed by atoms with van der Waals surface area (Å²) in [5, 5.41) is 8.50. The molecule has 0 bridgehead atoms. The number of anilines is 1. The predicted octanol–water partition coefficient (Wildman–Crippen LogP) is 2.74. The molecule has 18 heavy (non-hydrogen) atoms. The minimum absolute atomic E-state index is 0.442. The summed E-state index contributed by atoms with van der Waals surface area (Å²) in [6.45, 7) is 1.96. The third-order valence-corrected chi connectivity index (χ3v) is 3.56. The number of hydrogen-bond acceptors (Lipinski definition) is 3. The zero-order chi connectivity index (χ0) is 12.4. The Balaban J connectivity index is 1.80. The van der Waals surface area contributed by atoms with Crippen LogP contribution in [0.15, 0.2) is 36.4 Å². The molecule has 1 aliphatic heterocycles. The Morgan fingerprint density at radius 2 is 1.56 bits per heavy atom. The van der Waals surface area contributed by atoms with Crippen molar-refractivity contribution in [1.82, 2.24) is 10.2 Å². The number of rotatable bonds is 1. The Kier molecular flexibility index (Phi) is 3.15. The van der Waals surface area contributed by atoms with Crippen molar-refractivity contribution < 1.29 is 0 Å². The molecule has 0 atom stereocenters. The maximum absolute atomic E-state index is 5.76. The van der Waals surface area contributed by atoms with Crippen LogP contribution in [0, 0.1) is 0 Å². The number of benzene rings is 1. The van der Waals surface area contributed by atoms with E-state index in [2.05, 4.69) is 39.4 Å². The molecule has 92 valence electrons.